The molecule has 0 spiro atoms. The number of carbonyl (C=O) groups is 2. The second-order valence-corrected chi connectivity index (χ2v) is 7.44. The van der Waals surface area contributed by atoms with Crippen LogP contribution in [0.2, 0.25) is 0 Å². The zero-order valence-electron chi connectivity index (χ0n) is 16.2. The van der Waals surface area contributed by atoms with Crippen LogP contribution in [-0.4, -0.2) is 43.1 Å². The van der Waals surface area contributed by atoms with E-state index in [4.69, 9.17) is 9.47 Å². The summed E-state index contributed by atoms with van der Waals surface area (Å²) >= 11 is 0. The van der Waals surface area contributed by atoms with Crippen LogP contribution in [0.4, 0.5) is 5.69 Å². The summed E-state index contributed by atoms with van der Waals surface area (Å²) in [7, 11) is 0. The number of rotatable bonds is 5. The van der Waals surface area contributed by atoms with E-state index in [1.54, 1.807) is 18.2 Å². The van der Waals surface area contributed by atoms with E-state index in [-0.39, 0.29) is 6.79 Å². The molecule has 2 aromatic carbocycles. The summed E-state index contributed by atoms with van der Waals surface area (Å²) in [5.74, 6) is 0.292. The van der Waals surface area contributed by atoms with Crippen molar-refractivity contribution in [2.45, 2.75) is 19.4 Å². The van der Waals surface area contributed by atoms with Crippen molar-refractivity contribution in [1.82, 2.24) is 10.2 Å². The maximum absolute atomic E-state index is 12.1. The van der Waals surface area contributed by atoms with E-state index < -0.39 is 11.8 Å². The zero-order chi connectivity index (χ0) is 20.1. The fourth-order valence-corrected chi connectivity index (χ4v) is 3.67. The van der Waals surface area contributed by atoms with Crippen molar-refractivity contribution >= 4 is 17.5 Å². The summed E-state index contributed by atoms with van der Waals surface area (Å²) in [5.41, 5.74) is 1.82. The Bertz CT molecular complexity index is 864. The monoisotopic (exact) mass is 395 g/mol. The van der Waals surface area contributed by atoms with Gasteiger partial charge < -0.3 is 20.1 Å². The van der Waals surface area contributed by atoms with E-state index in [0.717, 1.165) is 32.5 Å². The van der Waals surface area contributed by atoms with Gasteiger partial charge in [0.25, 0.3) is 0 Å². The molecule has 0 aliphatic carbocycles. The highest BCUT2D eigenvalue weighted by Crippen LogP contribution is 2.34. The Morgan fingerprint density at radius 2 is 1.72 bits per heavy atom. The van der Waals surface area contributed by atoms with Crippen molar-refractivity contribution in [3.63, 3.8) is 0 Å². The number of fused-ring (bicyclic) bond motifs is 1. The van der Waals surface area contributed by atoms with Gasteiger partial charge in [0.2, 0.25) is 6.79 Å². The molecule has 2 amide bonds. The second kappa shape index (κ2) is 8.96. The second-order valence-electron chi connectivity index (χ2n) is 7.44. The van der Waals surface area contributed by atoms with Crippen LogP contribution >= 0.6 is 0 Å². The van der Waals surface area contributed by atoms with Gasteiger partial charge in [-0.3, -0.25) is 14.5 Å². The Balaban J connectivity index is 1.18. The van der Waals surface area contributed by atoms with Crippen LogP contribution in [-0.2, 0) is 16.1 Å². The molecule has 152 valence electrons. The number of benzene rings is 2. The van der Waals surface area contributed by atoms with E-state index in [0.29, 0.717) is 29.6 Å². The number of nitrogens with one attached hydrogen (secondary N) is 2. The van der Waals surface area contributed by atoms with Gasteiger partial charge in [0.05, 0.1) is 0 Å². The SMILES string of the molecule is O=C(NCC1CCN(Cc2ccccc2)CC1)C(=O)Nc1ccc2c(c1)OCO2. The molecule has 29 heavy (non-hydrogen) atoms. The first kappa shape index (κ1) is 19.3. The summed E-state index contributed by atoms with van der Waals surface area (Å²) in [6.45, 7) is 3.64. The highest BCUT2D eigenvalue weighted by atomic mass is 16.7. The number of hydrogen-bond acceptors (Lipinski definition) is 5. The summed E-state index contributed by atoms with van der Waals surface area (Å²) in [6, 6.07) is 15.5. The van der Waals surface area contributed by atoms with Gasteiger partial charge in [-0.15, -0.1) is 0 Å². The first-order valence-corrected chi connectivity index (χ1v) is 9.92. The molecule has 2 aliphatic rings. The highest BCUT2D eigenvalue weighted by Gasteiger charge is 2.22. The first-order valence-electron chi connectivity index (χ1n) is 9.92. The number of nitrogens with zero attached hydrogens (tertiary/aromatic N) is 1. The summed E-state index contributed by atoms with van der Waals surface area (Å²) in [5, 5.41) is 5.36. The van der Waals surface area contributed by atoms with E-state index in [2.05, 4.69) is 39.8 Å². The molecule has 2 heterocycles. The van der Waals surface area contributed by atoms with Gasteiger partial charge in [-0.1, -0.05) is 30.3 Å². The molecule has 0 unspecified atom stereocenters. The molecule has 0 aromatic heterocycles. The molecule has 0 atom stereocenters. The fourth-order valence-electron chi connectivity index (χ4n) is 3.67. The van der Waals surface area contributed by atoms with Crippen molar-refractivity contribution in [2.24, 2.45) is 5.92 Å². The third-order valence-corrected chi connectivity index (χ3v) is 5.34. The molecule has 1 saturated heterocycles. The molecule has 7 nitrogen and oxygen atoms in total. The quantitative estimate of drug-likeness (QED) is 0.760. The van der Waals surface area contributed by atoms with Gasteiger partial charge in [-0.25, -0.2) is 0 Å². The van der Waals surface area contributed by atoms with Gasteiger partial charge >= 0.3 is 11.8 Å². The van der Waals surface area contributed by atoms with E-state index in [1.807, 2.05) is 6.07 Å². The molecular weight excluding hydrogens is 370 g/mol. The van der Waals surface area contributed by atoms with Crippen LogP contribution in [0.5, 0.6) is 11.5 Å². The standard InChI is InChI=1S/C22H25N3O4/c26-21(22(27)24-18-6-7-19-20(12-18)29-15-28-19)23-13-16-8-10-25(11-9-16)14-17-4-2-1-3-5-17/h1-7,12,16H,8-11,13-15H2,(H,23,26)(H,24,27). The minimum Gasteiger partial charge on any atom is -0.454 e. The lowest BCUT2D eigenvalue weighted by Crippen LogP contribution is -2.41. The lowest BCUT2D eigenvalue weighted by Gasteiger charge is -2.32. The summed E-state index contributed by atoms with van der Waals surface area (Å²) in [4.78, 5) is 26.7. The number of hydrogen-bond donors (Lipinski definition) is 2. The predicted molar refractivity (Wildman–Crippen MR) is 109 cm³/mol. The number of carbonyl (C=O) groups excluding carboxylic acids is 2. The minimum atomic E-state index is -0.676. The Morgan fingerprint density at radius 3 is 2.52 bits per heavy atom. The Labute approximate surface area is 170 Å². The van der Waals surface area contributed by atoms with Gasteiger partial charge in [0, 0.05) is 24.8 Å². The van der Waals surface area contributed by atoms with Crippen molar-refractivity contribution < 1.29 is 19.1 Å². The lowest BCUT2D eigenvalue weighted by molar-refractivity contribution is -0.136. The average Bonchev–Trinajstić information content (AvgIpc) is 3.21. The summed E-state index contributed by atoms with van der Waals surface area (Å²) in [6.07, 6.45) is 2.02. The van der Waals surface area contributed by atoms with Crippen LogP contribution < -0.4 is 20.1 Å². The number of piperidine rings is 1. The normalized spacial score (nSPS) is 16.4. The van der Waals surface area contributed by atoms with Crippen molar-refractivity contribution in [3.8, 4) is 11.5 Å². The number of amides is 2. The topological polar surface area (TPSA) is 79.9 Å². The number of anilines is 1. The number of likely N-dealkylation sites (tertiary alicyclic amines) is 1. The van der Waals surface area contributed by atoms with Gasteiger partial charge in [-0.2, -0.15) is 0 Å². The average molecular weight is 395 g/mol. The maximum atomic E-state index is 12.1. The molecule has 2 aliphatic heterocycles. The highest BCUT2D eigenvalue weighted by molar-refractivity contribution is 6.39. The molecule has 4 rings (SSSR count). The van der Waals surface area contributed by atoms with Crippen LogP contribution in [0.3, 0.4) is 0 Å². The van der Waals surface area contributed by atoms with E-state index in [9.17, 15) is 9.59 Å². The van der Waals surface area contributed by atoms with Crippen LogP contribution in [0.15, 0.2) is 48.5 Å². The third-order valence-electron chi connectivity index (χ3n) is 5.34. The maximum Gasteiger partial charge on any atom is 0.313 e. The molecule has 0 saturated carbocycles. The smallest absolute Gasteiger partial charge is 0.313 e. The molecule has 7 heteroatoms. The predicted octanol–water partition coefficient (Wildman–Crippen LogP) is 2.38. The summed E-state index contributed by atoms with van der Waals surface area (Å²) < 4.78 is 10.5. The van der Waals surface area contributed by atoms with Crippen molar-refractivity contribution in [3.05, 3.63) is 54.1 Å². The Kier molecular flexibility index (Phi) is 5.95. The minimum absolute atomic E-state index is 0.164. The van der Waals surface area contributed by atoms with Crippen molar-refractivity contribution in [2.75, 3.05) is 31.7 Å². The fraction of sp³-hybridized carbons (Fsp3) is 0.364. The first-order chi connectivity index (χ1) is 14.2. The van der Waals surface area contributed by atoms with Gasteiger partial charge in [0.15, 0.2) is 11.5 Å². The van der Waals surface area contributed by atoms with Gasteiger partial charge in [0.1, 0.15) is 0 Å². The van der Waals surface area contributed by atoms with Gasteiger partial charge in [-0.05, 0) is 49.5 Å². The van der Waals surface area contributed by atoms with Crippen molar-refractivity contribution in [1.29, 1.82) is 0 Å². The Morgan fingerprint density at radius 1 is 0.966 bits per heavy atom. The zero-order valence-corrected chi connectivity index (χ0v) is 16.2. The molecule has 1 fully saturated rings. The Hall–Kier alpha value is -3.06. The van der Waals surface area contributed by atoms with Crippen LogP contribution in [0, 0.1) is 5.92 Å². The molecule has 0 radical (unpaired) electrons. The largest absolute Gasteiger partial charge is 0.454 e. The van der Waals surface area contributed by atoms with E-state index >= 15 is 0 Å². The number of ether oxygens (including phenoxy) is 2. The lowest BCUT2D eigenvalue weighted by atomic mass is 9.96. The molecule has 2 aromatic rings. The molecular formula is C22H25N3O4. The molecule has 2 N–H and O–H groups in total. The van der Waals surface area contributed by atoms with Crippen LogP contribution in [0.1, 0.15) is 18.4 Å². The third kappa shape index (κ3) is 5.06. The van der Waals surface area contributed by atoms with E-state index in [1.165, 1.54) is 5.56 Å². The van der Waals surface area contributed by atoms with Crippen LogP contribution in [0.25, 0.3) is 0 Å². The molecule has 0 bridgehead atoms.